The first-order chi connectivity index (χ1) is 16.7. The Morgan fingerprint density at radius 2 is 1.75 bits per heavy atom. The number of anilines is 3. The smallest absolute Gasteiger partial charge is 0.339 e. The SMILES string of the molecule is COC(=O)[C@@H](OC(C)(C)C)c1c(C)c2c3c(cc(C)n3CCN2c2ncc(NS(C)(=O)=O)cn2)c1C. The molecular formula is C25H33N5O5S. The van der Waals surface area contributed by atoms with E-state index in [1.165, 1.54) is 19.5 Å². The van der Waals surface area contributed by atoms with Crippen LogP contribution in [-0.4, -0.2) is 54.4 Å². The fourth-order valence-corrected chi connectivity index (χ4v) is 5.42. The first kappa shape index (κ1) is 25.9. The molecule has 0 fully saturated rings. The van der Waals surface area contributed by atoms with Crippen molar-refractivity contribution >= 4 is 44.2 Å². The molecule has 0 spiro atoms. The molecule has 11 heteroatoms. The Morgan fingerprint density at radius 1 is 1.11 bits per heavy atom. The van der Waals surface area contributed by atoms with Gasteiger partial charge in [0.25, 0.3) is 0 Å². The highest BCUT2D eigenvalue weighted by molar-refractivity contribution is 7.92. The van der Waals surface area contributed by atoms with Crippen molar-refractivity contribution in [1.82, 2.24) is 14.5 Å². The Kier molecular flexibility index (Phi) is 6.50. The number of hydrogen-bond acceptors (Lipinski definition) is 8. The van der Waals surface area contributed by atoms with E-state index in [-0.39, 0.29) is 5.69 Å². The third kappa shape index (κ3) is 4.77. The second kappa shape index (κ2) is 9.04. The van der Waals surface area contributed by atoms with Crippen LogP contribution in [-0.2, 0) is 30.8 Å². The predicted octanol–water partition coefficient (Wildman–Crippen LogP) is 3.91. The highest BCUT2D eigenvalue weighted by Gasteiger charge is 2.35. The van der Waals surface area contributed by atoms with Gasteiger partial charge < -0.3 is 18.9 Å². The van der Waals surface area contributed by atoms with Gasteiger partial charge in [0.15, 0.2) is 6.10 Å². The third-order valence-corrected chi connectivity index (χ3v) is 6.85. The molecule has 0 aliphatic carbocycles. The largest absolute Gasteiger partial charge is 0.467 e. The lowest BCUT2D eigenvalue weighted by molar-refractivity contribution is -0.164. The van der Waals surface area contributed by atoms with E-state index in [1.54, 1.807) is 0 Å². The van der Waals surface area contributed by atoms with Crippen LogP contribution < -0.4 is 9.62 Å². The molecule has 1 aliphatic rings. The summed E-state index contributed by atoms with van der Waals surface area (Å²) in [7, 11) is -2.08. The lowest BCUT2D eigenvalue weighted by Gasteiger charge is -2.34. The van der Waals surface area contributed by atoms with Crippen LogP contribution in [0.5, 0.6) is 0 Å². The van der Waals surface area contributed by atoms with Gasteiger partial charge in [0.1, 0.15) is 0 Å². The van der Waals surface area contributed by atoms with Gasteiger partial charge in [-0.1, -0.05) is 0 Å². The molecular weight excluding hydrogens is 482 g/mol. The van der Waals surface area contributed by atoms with Crippen LogP contribution in [0, 0.1) is 20.8 Å². The van der Waals surface area contributed by atoms with Crippen molar-refractivity contribution in [2.75, 3.05) is 29.5 Å². The minimum atomic E-state index is -3.44. The number of ether oxygens (including phenoxy) is 2. The number of carbonyl (C=O) groups is 1. The van der Waals surface area contributed by atoms with Crippen molar-refractivity contribution in [3.63, 3.8) is 0 Å². The molecule has 0 saturated heterocycles. The topological polar surface area (TPSA) is 116 Å². The number of nitrogens with zero attached hydrogens (tertiary/aromatic N) is 4. The molecule has 1 aliphatic heterocycles. The number of rotatable bonds is 6. The summed E-state index contributed by atoms with van der Waals surface area (Å²) in [6, 6.07) is 2.13. The average molecular weight is 516 g/mol. The van der Waals surface area contributed by atoms with E-state index in [1.807, 2.05) is 39.5 Å². The molecule has 2 aromatic heterocycles. The number of sulfonamides is 1. The molecule has 0 unspecified atom stereocenters. The van der Waals surface area contributed by atoms with E-state index < -0.39 is 27.7 Å². The molecule has 0 bridgehead atoms. The van der Waals surface area contributed by atoms with Gasteiger partial charge in [-0.25, -0.2) is 23.2 Å². The summed E-state index contributed by atoms with van der Waals surface area (Å²) in [5.74, 6) is -0.0293. The van der Waals surface area contributed by atoms with Crippen LogP contribution in [0.1, 0.15) is 49.3 Å². The Hall–Kier alpha value is -3.18. The normalized spacial score (nSPS) is 14.7. The molecule has 194 valence electrons. The summed E-state index contributed by atoms with van der Waals surface area (Å²) in [6.07, 6.45) is 3.06. The second-order valence-corrected chi connectivity index (χ2v) is 11.9. The van der Waals surface area contributed by atoms with Crippen LogP contribution in [0.15, 0.2) is 18.5 Å². The maximum Gasteiger partial charge on any atom is 0.339 e. The number of benzene rings is 1. The van der Waals surface area contributed by atoms with Gasteiger partial charge in [0.2, 0.25) is 16.0 Å². The number of esters is 1. The summed E-state index contributed by atoms with van der Waals surface area (Å²) in [4.78, 5) is 23.9. The van der Waals surface area contributed by atoms with Gasteiger partial charge in [-0.05, 0) is 58.7 Å². The summed E-state index contributed by atoms with van der Waals surface area (Å²) in [5.41, 5.74) is 5.34. The third-order valence-electron chi connectivity index (χ3n) is 6.24. The van der Waals surface area contributed by atoms with Gasteiger partial charge in [0.05, 0.1) is 48.3 Å². The molecule has 1 N–H and O–H groups in total. The Morgan fingerprint density at radius 3 is 2.31 bits per heavy atom. The maximum absolute atomic E-state index is 13.0. The maximum atomic E-state index is 13.0. The quantitative estimate of drug-likeness (QED) is 0.492. The van der Waals surface area contributed by atoms with Gasteiger partial charge in [0, 0.05) is 29.7 Å². The standard InChI is InChI=1S/C25H33N5O5S/c1-14-11-18-15(2)19(22(23(31)34-7)35-25(4,5)6)16(3)20-21(18)29(14)9-10-30(20)24-26-12-17(13-27-24)28-36(8,32)33/h11-13,22,28H,9-10H2,1-8H3/t22-/m0/s1. The molecule has 3 heterocycles. The zero-order valence-electron chi connectivity index (χ0n) is 22.0. The summed E-state index contributed by atoms with van der Waals surface area (Å²) < 4.78 is 39.2. The lowest BCUT2D eigenvalue weighted by Crippen LogP contribution is -2.32. The monoisotopic (exact) mass is 515 g/mol. The van der Waals surface area contributed by atoms with Crippen molar-refractivity contribution < 1.29 is 22.7 Å². The molecule has 3 aromatic rings. The van der Waals surface area contributed by atoms with Crippen LogP contribution in [0.2, 0.25) is 0 Å². The molecule has 4 rings (SSSR count). The van der Waals surface area contributed by atoms with E-state index in [9.17, 15) is 13.2 Å². The zero-order valence-corrected chi connectivity index (χ0v) is 22.8. The molecule has 0 amide bonds. The van der Waals surface area contributed by atoms with Crippen LogP contribution in [0.25, 0.3) is 10.9 Å². The van der Waals surface area contributed by atoms with Gasteiger partial charge >= 0.3 is 5.97 Å². The Labute approximate surface area is 211 Å². The second-order valence-electron chi connectivity index (χ2n) is 10.1. The number of aromatic nitrogens is 3. The number of hydrogen-bond donors (Lipinski definition) is 1. The van der Waals surface area contributed by atoms with Gasteiger partial charge in [-0.15, -0.1) is 0 Å². The van der Waals surface area contributed by atoms with E-state index in [4.69, 9.17) is 9.47 Å². The van der Waals surface area contributed by atoms with E-state index in [0.29, 0.717) is 12.5 Å². The van der Waals surface area contributed by atoms with Crippen LogP contribution >= 0.6 is 0 Å². The fourth-order valence-electron chi connectivity index (χ4n) is 4.89. The fraction of sp³-hybridized carbons (Fsp3) is 0.480. The summed E-state index contributed by atoms with van der Waals surface area (Å²) >= 11 is 0. The zero-order chi connectivity index (χ0) is 26.6. The van der Waals surface area contributed by atoms with E-state index in [2.05, 4.69) is 32.2 Å². The van der Waals surface area contributed by atoms with Crippen molar-refractivity contribution in [2.45, 2.75) is 59.8 Å². The highest BCUT2D eigenvalue weighted by atomic mass is 32.2. The van der Waals surface area contributed by atoms with E-state index in [0.717, 1.165) is 51.8 Å². The molecule has 1 atom stereocenters. The van der Waals surface area contributed by atoms with Crippen molar-refractivity contribution in [2.24, 2.45) is 0 Å². The number of carbonyl (C=O) groups excluding carboxylic acids is 1. The minimum absolute atomic E-state index is 0.285. The first-order valence-corrected chi connectivity index (χ1v) is 13.6. The van der Waals surface area contributed by atoms with E-state index >= 15 is 0 Å². The van der Waals surface area contributed by atoms with Crippen molar-refractivity contribution in [1.29, 1.82) is 0 Å². The van der Waals surface area contributed by atoms with Gasteiger partial charge in [-0.3, -0.25) is 4.72 Å². The molecule has 1 aromatic carbocycles. The van der Waals surface area contributed by atoms with Crippen molar-refractivity contribution in [3.05, 3.63) is 40.8 Å². The number of nitrogens with one attached hydrogen (secondary N) is 1. The van der Waals surface area contributed by atoms with Gasteiger partial charge in [-0.2, -0.15) is 0 Å². The molecule has 10 nitrogen and oxygen atoms in total. The highest BCUT2D eigenvalue weighted by Crippen LogP contribution is 2.45. The molecule has 0 radical (unpaired) electrons. The predicted molar refractivity (Wildman–Crippen MR) is 139 cm³/mol. The Bertz CT molecular complexity index is 1440. The summed E-state index contributed by atoms with van der Waals surface area (Å²) in [5, 5.41) is 1.02. The minimum Gasteiger partial charge on any atom is -0.467 e. The number of aryl methyl sites for hydroxylation is 2. The lowest BCUT2D eigenvalue weighted by atomic mass is 9.91. The van der Waals surface area contributed by atoms with Crippen LogP contribution in [0.4, 0.5) is 17.3 Å². The number of methoxy groups -OCH3 is 1. The van der Waals surface area contributed by atoms with Crippen LogP contribution in [0.3, 0.4) is 0 Å². The Balaban J connectivity index is 1.94. The first-order valence-electron chi connectivity index (χ1n) is 11.7. The summed E-state index contributed by atoms with van der Waals surface area (Å²) in [6.45, 7) is 13.1. The average Bonchev–Trinajstić information content (AvgIpc) is 3.12. The van der Waals surface area contributed by atoms with Crippen molar-refractivity contribution in [3.8, 4) is 0 Å². The molecule has 0 saturated carbocycles. The molecule has 36 heavy (non-hydrogen) atoms.